The number of aliphatic carboxylic acids is 1. The van der Waals surface area contributed by atoms with Gasteiger partial charge < -0.3 is 14.4 Å². The van der Waals surface area contributed by atoms with Crippen molar-refractivity contribution >= 4 is 17.1 Å². The molecule has 0 saturated carbocycles. The fraction of sp³-hybridized carbons (Fsp3) is 0.176. The molecule has 1 aliphatic heterocycles. The summed E-state index contributed by atoms with van der Waals surface area (Å²) in [5, 5.41) is 9.11. The van der Waals surface area contributed by atoms with Gasteiger partial charge >= 0.3 is 5.97 Å². The molecule has 1 unspecified atom stereocenters. The van der Waals surface area contributed by atoms with Crippen LogP contribution < -0.4 is 4.89 Å². The second-order valence-electron chi connectivity index (χ2n) is 5.47. The van der Waals surface area contributed by atoms with E-state index >= 15 is 0 Å². The van der Waals surface area contributed by atoms with Crippen LogP contribution >= 0.6 is 0 Å². The number of carboxylic acid groups (broad SMARTS) is 1. The van der Waals surface area contributed by atoms with Crippen molar-refractivity contribution in [2.24, 2.45) is 0 Å². The zero-order chi connectivity index (χ0) is 16.0. The first-order chi connectivity index (χ1) is 11.1. The van der Waals surface area contributed by atoms with E-state index in [2.05, 4.69) is 4.98 Å². The zero-order valence-corrected chi connectivity index (χ0v) is 12.3. The van der Waals surface area contributed by atoms with Crippen LogP contribution in [-0.4, -0.2) is 16.1 Å². The molecule has 1 aliphatic rings. The van der Waals surface area contributed by atoms with Crippen LogP contribution in [0.3, 0.4) is 0 Å². The molecule has 0 aliphatic carbocycles. The number of benzene rings is 2. The third-order valence-corrected chi connectivity index (χ3v) is 3.96. The molecule has 6 heteroatoms. The van der Waals surface area contributed by atoms with E-state index in [4.69, 9.17) is 19.3 Å². The second-order valence-corrected chi connectivity index (χ2v) is 5.47. The van der Waals surface area contributed by atoms with Gasteiger partial charge in [0.05, 0.1) is 5.92 Å². The number of nitrogens with zero attached hydrogens (tertiary/aromatic N) is 1. The number of hydrogen-bond acceptors (Lipinski definition) is 5. The number of aromatic nitrogens is 1. The number of carbonyl (C=O) groups is 1. The summed E-state index contributed by atoms with van der Waals surface area (Å²) in [4.78, 5) is 25.6. The molecule has 0 amide bonds. The molecule has 116 valence electrons. The first-order valence-corrected chi connectivity index (χ1v) is 7.18. The number of rotatable bonds is 3. The summed E-state index contributed by atoms with van der Waals surface area (Å²) in [6, 6.07) is 10.8. The van der Waals surface area contributed by atoms with Crippen molar-refractivity contribution in [3.8, 4) is 17.2 Å². The average Bonchev–Trinajstić information content (AvgIpc) is 3.18. The number of oxazole rings is 1. The molecule has 0 radical (unpaired) electrons. The van der Waals surface area contributed by atoms with Gasteiger partial charge in [0.15, 0.2) is 11.3 Å². The molecular weight excluding hydrogens is 298 g/mol. The Balaban J connectivity index is 1.75. The summed E-state index contributed by atoms with van der Waals surface area (Å²) in [7, 11) is 0. The van der Waals surface area contributed by atoms with E-state index in [0.29, 0.717) is 34.9 Å². The van der Waals surface area contributed by atoms with E-state index in [0.717, 1.165) is 11.1 Å². The average molecular weight is 311 g/mol. The van der Waals surface area contributed by atoms with Gasteiger partial charge in [0.2, 0.25) is 5.89 Å². The zero-order valence-electron chi connectivity index (χ0n) is 12.3. The highest BCUT2D eigenvalue weighted by atomic mass is 17.2. The van der Waals surface area contributed by atoms with Gasteiger partial charge in [-0.2, -0.15) is 4.89 Å². The maximum Gasteiger partial charge on any atom is 0.310 e. The van der Waals surface area contributed by atoms with Crippen molar-refractivity contribution in [2.75, 3.05) is 0 Å². The maximum atomic E-state index is 11.1. The standard InChI is InChI=1S/C17H13NO5/c1-9(17(19)20)10-4-5-14-13(6-10)18-16(22-14)11-2-3-12-8-21-23-15(12)7-11/h2-7,9H,8H2,1H3,(H,19,20). The Morgan fingerprint density at radius 2 is 2.13 bits per heavy atom. The van der Waals surface area contributed by atoms with Gasteiger partial charge in [-0.15, -0.1) is 0 Å². The summed E-state index contributed by atoms with van der Waals surface area (Å²) in [6.45, 7) is 2.07. The lowest BCUT2D eigenvalue weighted by molar-refractivity contribution is -0.194. The van der Waals surface area contributed by atoms with Gasteiger partial charge in [-0.25, -0.2) is 4.98 Å². The van der Waals surface area contributed by atoms with E-state index in [-0.39, 0.29) is 0 Å². The Kier molecular flexibility index (Phi) is 3.06. The lowest BCUT2D eigenvalue weighted by atomic mass is 10.0. The van der Waals surface area contributed by atoms with Crippen molar-refractivity contribution in [1.82, 2.24) is 4.98 Å². The van der Waals surface area contributed by atoms with E-state index in [1.807, 2.05) is 18.2 Å². The molecule has 1 atom stereocenters. The molecule has 1 aromatic heterocycles. The van der Waals surface area contributed by atoms with Crippen LogP contribution in [0.4, 0.5) is 0 Å². The van der Waals surface area contributed by atoms with Gasteiger partial charge in [-0.1, -0.05) is 12.1 Å². The van der Waals surface area contributed by atoms with Gasteiger partial charge in [0.1, 0.15) is 12.1 Å². The first kappa shape index (κ1) is 13.8. The Morgan fingerprint density at radius 1 is 1.26 bits per heavy atom. The quantitative estimate of drug-likeness (QED) is 0.745. The fourth-order valence-electron chi connectivity index (χ4n) is 2.52. The van der Waals surface area contributed by atoms with E-state index < -0.39 is 11.9 Å². The molecule has 2 aromatic carbocycles. The normalized spacial score (nSPS) is 14.5. The van der Waals surface area contributed by atoms with E-state index in [1.165, 1.54) is 0 Å². The first-order valence-electron chi connectivity index (χ1n) is 7.18. The molecular formula is C17H13NO5. The van der Waals surface area contributed by atoms with Gasteiger partial charge in [0, 0.05) is 11.1 Å². The molecule has 0 saturated heterocycles. The highest BCUT2D eigenvalue weighted by molar-refractivity contribution is 5.81. The van der Waals surface area contributed by atoms with Gasteiger partial charge in [0.25, 0.3) is 0 Å². The third-order valence-electron chi connectivity index (χ3n) is 3.96. The van der Waals surface area contributed by atoms with Gasteiger partial charge in [-0.3, -0.25) is 4.79 Å². The third kappa shape index (κ3) is 2.33. The monoisotopic (exact) mass is 311 g/mol. The highest BCUT2D eigenvalue weighted by Crippen LogP contribution is 2.33. The predicted molar refractivity (Wildman–Crippen MR) is 80.9 cm³/mol. The lowest BCUT2D eigenvalue weighted by Crippen LogP contribution is -2.06. The topological polar surface area (TPSA) is 81.8 Å². The van der Waals surface area contributed by atoms with Crippen LogP contribution in [0.25, 0.3) is 22.6 Å². The number of carboxylic acids is 1. The Morgan fingerprint density at radius 3 is 2.96 bits per heavy atom. The summed E-state index contributed by atoms with van der Waals surface area (Å²) >= 11 is 0. The molecule has 1 N–H and O–H groups in total. The molecule has 0 spiro atoms. The minimum atomic E-state index is -0.871. The van der Waals surface area contributed by atoms with Crippen molar-refractivity contribution in [1.29, 1.82) is 0 Å². The van der Waals surface area contributed by atoms with Crippen molar-refractivity contribution in [3.05, 3.63) is 47.5 Å². The van der Waals surface area contributed by atoms with Crippen LogP contribution in [0, 0.1) is 0 Å². The summed E-state index contributed by atoms with van der Waals surface area (Å²) < 4.78 is 5.75. The molecule has 6 nitrogen and oxygen atoms in total. The smallest absolute Gasteiger partial charge is 0.310 e. The van der Waals surface area contributed by atoms with E-state index in [1.54, 1.807) is 25.1 Å². The van der Waals surface area contributed by atoms with Crippen molar-refractivity contribution in [2.45, 2.75) is 19.4 Å². The Bertz CT molecular complexity index is 914. The molecule has 23 heavy (non-hydrogen) atoms. The second kappa shape index (κ2) is 5.10. The van der Waals surface area contributed by atoms with Gasteiger partial charge in [-0.05, 0) is 36.8 Å². The minimum absolute atomic E-state index is 0.430. The molecule has 0 fully saturated rings. The molecule has 2 heterocycles. The number of fused-ring (bicyclic) bond motifs is 2. The van der Waals surface area contributed by atoms with Crippen LogP contribution in [-0.2, 0) is 16.3 Å². The molecule has 4 rings (SSSR count). The van der Waals surface area contributed by atoms with Crippen LogP contribution in [0.2, 0.25) is 0 Å². The highest BCUT2D eigenvalue weighted by Gasteiger charge is 2.18. The predicted octanol–water partition coefficient (Wildman–Crippen LogP) is 3.51. The van der Waals surface area contributed by atoms with Crippen LogP contribution in [0.15, 0.2) is 40.8 Å². The minimum Gasteiger partial charge on any atom is -0.481 e. The fourth-order valence-corrected chi connectivity index (χ4v) is 2.52. The SMILES string of the molecule is CC(C(=O)O)c1ccc2oc(-c3ccc4c(c3)OOC4)nc2c1. The summed E-state index contributed by atoms with van der Waals surface area (Å²) in [5.74, 6) is -0.350. The largest absolute Gasteiger partial charge is 0.481 e. The maximum absolute atomic E-state index is 11.1. The summed E-state index contributed by atoms with van der Waals surface area (Å²) in [5.41, 5.74) is 3.68. The molecule has 0 bridgehead atoms. The summed E-state index contributed by atoms with van der Waals surface area (Å²) in [6.07, 6.45) is 0. The van der Waals surface area contributed by atoms with E-state index in [9.17, 15) is 4.79 Å². The lowest BCUT2D eigenvalue weighted by Gasteiger charge is -2.04. The van der Waals surface area contributed by atoms with Crippen LogP contribution in [0.1, 0.15) is 24.0 Å². The Hall–Kier alpha value is -2.86. The van der Waals surface area contributed by atoms with Crippen LogP contribution in [0.5, 0.6) is 5.75 Å². The Labute approximate surface area is 131 Å². The molecule has 3 aromatic rings. The number of hydrogen-bond donors (Lipinski definition) is 1. The van der Waals surface area contributed by atoms with Crippen molar-refractivity contribution in [3.63, 3.8) is 0 Å². The van der Waals surface area contributed by atoms with Crippen molar-refractivity contribution < 1.29 is 24.1 Å².